The van der Waals surface area contributed by atoms with Crippen LogP contribution < -0.4 is 0 Å². The molecule has 10 nitrogen and oxygen atoms in total. The largest absolute Gasteiger partial charge is 0.283 e. The van der Waals surface area contributed by atoms with E-state index in [-0.39, 0.29) is 30.2 Å². The van der Waals surface area contributed by atoms with Crippen LogP contribution in [-0.4, -0.2) is 56.0 Å². The molecule has 5 aromatic heterocycles. The van der Waals surface area contributed by atoms with E-state index in [0.29, 0.717) is 0 Å². The molecule has 10 heteroatoms. The summed E-state index contributed by atoms with van der Waals surface area (Å²) >= 11 is 0. The van der Waals surface area contributed by atoms with Crippen LogP contribution in [0.15, 0.2) is 323 Å². The normalized spacial score (nSPS) is 12.8. The first-order valence-electron chi connectivity index (χ1n) is 30.6. The number of rotatable bonds is 16. The van der Waals surface area contributed by atoms with Crippen molar-refractivity contribution in [3.05, 3.63) is 366 Å². The molecule has 452 valence electrons. The van der Waals surface area contributed by atoms with Crippen LogP contribution in [0.3, 0.4) is 0 Å². The second kappa shape index (κ2) is 36.3. The van der Waals surface area contributed by atoms with Gasteiger partial charge in [0.2, 0.25) is 0 Å². The van der Waals surface area contributed by atoms with Gasteiger partial charge in [-0.3, -0.25) is 49.9 Å². The van der Waals surface area contributed by atoms with Crippen LogP contribution in [0.25, 0.3) is 21.5 Å². The van der Waals surface area contributed by atoms with Crippen molar-refractivity contribution in [3.8, 4) is 0 Å². The minimum atomic E-state index is -0.0155. The molecule has 0 aliphatic heterocycles. The third-order valence-electron chi connectivity index (χ3n) is 14.5. The molecule has 7 aromatic carbocycles. The topological polar surface area (TPSA) is 126 Å². The van der Waals surface area contributed by atoms with Crippen LogP contribution in [-0.2, 0) is 0 Å². The van der Waals surface area contributed by atoms with E-state index < -0.39 is 0 Å². The number of fused-ring (bicyclic) bond motifs is 2. The summed E-state index contributed by atoms with van der Waals surface area (Å²) in [4.78, 5) is 43.8. The predicted molar refractivity (Wildman–Crippen MR) is 382 cm³/mol. The molecule has 5 atom stereocenters. The van der Waals surface area contributed by atoms with E-state index in [4.69, 9.17) is 0 Å². The van der Waals surface area contributed by atoms with Gasteiger partial charge in [-0.05, 0) is 158 Å². The average molecular weight is 1190 g/mol. The van der Waals surface area contributed by atoms with Crippen LogP contribution >= 0.6 is 0 Å². The van der Waals surface area contributed by atoms with Crippen molar-refractivity contribution in [3.63, 3.8) is 0 Å². The Morgan fingerprint density at radius 3 is 1.08 bits per heavy atom. The fourth-order valence-electron chi connectivity index (χ4n) is 9.22. The lowest BCUT2D eigenvalue weighted by atomic mass is 10.00. The van der Waals surface area contributed by atoms with E-state index in [1.165, 1.54) is 54.9 Å². The first-order chi connectivity index (χ1) is 44.6. The number of benzene rings is 7. The summed E-state index contributed by atoms with van der Waals surface area (Å²) in [5.74, 6) is 0. The summed E-state index contributed by atoms with van der Waals surface area (Å²) in [7, 11) is 0. The standard InChI is InChI=1S/2C18H16N2.2C15H16N2.C15H14N2/c1-14(20-13-16-9-4-5-12-19-16)17-11-6-8-15-7-2-3-10-18(15)17;1-14(20-13-18-8-4-5-11-19-18)16-10-9-15-6-2-3-7-17(15)12-16;2*1-12-6-8-14(9-7-12)13(2)17-11-15-5-3-4-10-16-15;1-2-15(13-8-4-3-5-9-13)17-12-14-10-6-7-11-16-14/h2*2-14H,1H3;2*3-11,13H,1-2H3;2-12,15H,1H2/t2*14-;2*13-;/m0000./s1. The Bertz CT molecular complexity index is 4090. The number of aryl methyl sites for hydroxylation is 2. The Morgan fingerprint density at radius 1 is 0.297 bits per heavy atom. The molecule has 0 aliphatic rings. The van der Waals surface area contributed by atoms with Gasteiger partial charge in [0, 0.05) is 62.1 Å². The molecule has 0 aliphatic carbocycles. The average Bonchev–Trinajstić information content (AvgIpc) is 2.76. The Morgan fingerprint density at radius 2 is 0.648 bits per heavy atom. The second-order valence-corrected chi connectivity index (χ2v) is 21.5. The summed E-state index contributed by atoms with van der Waals surface area (Å²) in [6.07, 6.45) is 19.8. The van der Waals surface area contributed by atoms with Crippen LogP contribution in [0.2, 0.25) is 0 Å². The predicted octanol–water partition coefficient (Wildman–Crippen LogP) is 19.4. The zero-order valence-electron chi connectivity index (χ0n) is 52.7. The first-order valence-corrected chi connectivity index (χ1v) is 30.6. The van der Waals surface area contributed by atoms with Crippen molar-refractivity contribution in [2.75, 3.05) is 0 Å². The summed E-state index contributed by atoms with van der Waals surface area (Å²) in [5, 5.41) is 5.03. The van der Waals surface area contributed by atoms with Crippen molar-refractivity contribution >= 4 is 52.6 Å². The van der Waals surface area contributed by atoms with Gasteiger partial charge in [-0.2, -0.15) is 0 Å². The Balaban J connectivity index is 0.000000147. The van der Waals surface area contributed by atoms with Crippen LogP contribution in [0, 0.1) is 13.8 Å². The molecule has 5 heterocycles. The van der Waals surface area contributed by atoms with Crippen molar-refractivity contribution in [2.24, 2.45) is 25.0 Å². The molecule has 91 heavy (non-hydrogen) atoms. The molecule has 1 unspecified atom stereocenters. The van der Waals surface area contributed by atoms with E-state index in [2.05, 4.69) is 231 Å². The van der Waals surface area contributed by atoms with Crippen LogP contribution in [0.4, 0.5) is 0 Å². The highest BCUT2D eigenvalue weighted by Crippen LogP contribution is 2.27. The number of hydrogen-bond acceptors (Lipinski definition) is 10. The quantitative estimate of drug-likeness (QED) is 0.0703. The second-order valence-electron chi connectivity index (χ2n) is 21.5. The maximum absolute atomic E-state index is 4.63. The zero-order valence-corrected chi connectivity index (χ0v) is 52.7. The van der Waals surface area contributed by atoms with Crippen molar-refractivity contribution in [2.45, 2.75) is 71.8 Å². The van der Waals surface area contributed by atoms with Crippen LogP contribution in [0.1, 0.15) is 125 Å². The Kier molecular flexibility index (Phi) is 26.3. The van der Waals surface area contributed by atoms with Gasteiger partial charge in [0.1, 0.15) is 0 Å². The molecule has 0 radical (unpaired) electrons. The number of aromatic nitrogens is 5. The lowest BCUT2D eigenvalue weighted by Gasteiger charge is -2.10. The first kappa shape index (κ1) is 65.9. The summed E-state index contributed by atoms with van der Waals surface area (Å²) in [5.41, 5.74) is 13.0. The Labute approximate surface area is 537 Å². The third kappa shape index (κ3) is 22.2. The third-order valence-corrected chi connectivity index (χ3v) is 14.5. The van der Waals surface area contributed by atoms with E-state index >= 15 is 0 Å². The maximum Gasteiger partial charge on any atom is 0.0928 e. The molecule has 12 rings (SSSR count). The fraction of sp³-hybridized carbons (Fsp3) is 0.136. The SMILES string of the molecule is C=CC(N=Cc1ccccn1)c1ccccc1.C[C@H](N=Cc1ccccn1)c1ccc2ccccc2c1.C[C@H](N=Cc1ccccn1)c1cccc2ccccc12.Cc1ccc([C@H](C)N=Cc2ccccn2)cc1.Cc1ccc([C@H](C)N=Cc2ccccn2)cc1. The van der Waals surface area contributed by atoms with Gasteiger partial charge in [-0.1, -0.05) is 205 Å². The molecular formula is C81H78N10. The highest BCUT2D eigenvalue weighted by molar-refractivity contribution is 5.87. The molecular weight excluding hydrogens is 1110 g/mol. The van der Waals surface area contributed by atoms with Gasteiger partial charge < -0.3 is 0 Å². The molecule has 0 amide bonds. The molecule has 0 saturated heterocycles. The Hall–Kier alpha value is -11.1. The van der Waals surface area contributed by atoms with E-state index in [9.17, 15) is 0 Å². The van der Waals surface area contributed by atoms with Gasteiger partial charge in [-0.25, -0.2) is 0 Å². The summed E-state index contributed by atoms with van der Waals surface area (Å²) < 4.78 is 0. The smallest absolute Gasteiger partial charge is 0.0928 e. The highest BCUT2D eigenvalue weighted by Gasteiger charge is 2.09. The van der Waals surface area contributed by atoms with Crippen molar-refractivity contribution < 1.29 is 0 Å². The van der Waals surface area contributed by atoms with Crippen molar-refractivity contribution in [1.29, 1.82) is 0 Å². The number of pyridine rings is 5. The van der Waals surface area contributed by atoms with E-state index in [1.807, 2.05) is 152 Å². The molecule has 12 aromatic rings. The molecule has 0 saturated carbocycles. The highest BCUT2D eigenvalue weighted by atomic mass is 14.8. The maximum atomic E-state index is 4.63. The summed E-state index contributed by atoms with van der Waals surface area (Å²) in [6.45, 7) is 16.4. The monoisotopic (exact) mass is 1190 g/mol. The molecule has 0 N–H and O–H groups in total. The van der Waals surface area contributed by atoms with Gasteiger partial charge >= 0.3 is 0 Å². The van der Waals surface area contributed by atoms with E-state index in [0.717, 1.165) is 34.0 Å². The lowest BCUT2D eigenvalue weighted by Crippen LogP contribution is -1.93. The molecule has 0 spiro atoms. The molecule has 0 bridgehead atoms. The number of nitrogens with zero attached hydrogens (tertiary/aromatic N) is 10. The number of hydrogen-bond donors (Lipinski definition) is 0. The summed E-state index contributed by atoms with van der Waals surface area (Å²) in [6, 6.07) is 86.3. The van der Waals surface area contributed by atoms with Gasteiger partial charge in [0.15, 0.2) is 0 Å². The van der Waals surface area contributed by atoms with Crippen LogP contribution in [0.5, 0.6) is 0 Å². The minimum Gasteiger partial charge on any atom is -0.283 e. The fourth-order valence-corrected chi connectivity index (χ4v) is 9.22. The van der Waals surface area contributed by atoms with Gasteiger partial charge in [0.25, 0.3) is 0 Å². The lowest BCUT2D eigenvalue weighted by molar-refractivity contribution is 0.824. The molecule has 0 fully saturated rings. The number of aliphatic imine (C=N–C) groups is 5. The van der Waals surface area contributed by atoms with Gasteiger partial charge in [0.05, 0.1) is 58.7 Å². The van der Waals surface area contributed by atoms with Crippen molar-refractivity contribution in [1.82, 2.24) is 24.9 Å². The zero-order chi connectivity index (χ0) is 63.7. The van der Waals surface area contributed by atoms with E-state index in [1.54, 1.807) is 37.2 Å². The minimum absolute atomic E-state index is 0.0155. The van der Waals surface area contributed by atoms with Gasteiger partial charge in [-0.15, -0.1) is 6.58 Å².